The average Bonchev–Trinajstić information content (AvgIpc) is 2.45. The highest BCUT2D eigenvalue weighted by molar-refractivity contribution is 5.83. The van der Waals surface area contributed by atoms with Crippen LogP contribution in [0.15, 0.2) is 0 Å². The van der Waals surface area contributed by atoms with E-state index < -0.39 is 35.9 Å². The third-order valence-corrected chi connectivity index (χ3v) is 2.46. The molecule has 3 atom stereocenters. The fourth-order valence-corrected chi connectivity index (χ4v) is 0.801. The van der Waals surface area contributed by atoms with Crippen molar-refractivity contribution in [3.8, 4) is 0 Å². The first-order chi connectivity index (χ1) is 10.4. The molecule has 3 unspecified atom stereocenters. The van der Waals surface area contributed by atoms with Gasteiger partial charge in [-0.3, -0.25) is 19.2 Å². The number of primary amides is 1. The molecule has 0 saturated carbocycles. The molecule has 0 aliphatic carbocycles. The second kappa shape index (κ2) is 14.7. The minimum absolute atomic E-state index is 0.0718. The van der Waals surface area contributed by atoms with Gasteiger partial charge < -0.3 is 38.3 Å². The molecule has 0 radical (unpaired) electrons. The molecule has 0 bridgehead atoms. The fourth-order valence-electron chi connectivity index (χ4n) is 0.801. The Hall–Kier alpha value is -2.24. The molecule has 0 aliphatic heterocycles. The Morgan fingerprint density at radius 1 is 1.00 bits per heavy atom. The monoisotopic (exact) mass is 338 g/mol. The number of hydrogen-bond acceptors (Lipinski definition) is 7. The topological polar surface area (TPSA) is 233 Å². The molecule has 1 amide bonds. The standard InChI is InChI=1S/C6H13NO2.C4H8N2O3.C2H5NO2/c1-3-4(2)5(7)6(8)9;5-2(4(8)9)1-3(6)7;3-1-2(4)5/h4-5H,3,7H2,1-2H3,(H,8,9);2H,1,5H2,(H2,6,7)(H,8,9);1,3H2,(H,4,5). The van der Waals surface area contributed by atoms with Crippen LogP contribution in [0, 0.1) is 5.92 Å². The van der Waals surface area contributed by atoms with Gasteiger partial charge in [-0.2, -0.15) is 0 Å². The van der Waals surface area contributed by atoms with Crippen LogP contribution >= 0.6 is 0 Å². The van der Waals surface area contributed by atoms with Crippen LogP contribution in [0.2, 0.25) is 0 Å². The van der Waals surface area contributed by atoms with Gasteiger partial charge in [0.05, 0.1) is 13.0 Å². The van der Waals surface area contributed by atoms with Crippen molar-refractivity contribution in [2.45, 2.75) is 38.8 Å². The van der Waals surface area contributed by atoms with Gasteiger partial charge in [0, 0.05) is 0 Å². The van der Waals surface area contributed by atoms with Gasteiger partial charge in [-0.1, -0.05) is 20.3 Å². The zero-order valence-electron chi connectivity index (χ0n) is 13.1. The number of rotatable bonds is 7. The second-order valence-electron chi connectivity index (χ2n) is 4.46. The van der Waals surface area contributed by atoms with Crippen LogP contribution in [0.1, 0.15) is 26.7 Å². The van der Waals surface area contributed by atoms with Crippen molar-refractivity contribution in [2.24, 2.45) is 28.9 Å². The predicted molar refractivity (Wildman–Crippen MR) is 81.2 cm³/mol. The van der Waals surface area contributed by atoms with Crippen LogP contribution in [0.3, 0.4) is 0 Å². The minimum atomic E-state index is -1.21. The van der Waals surface area contributed by atoms with Gasteiger partial charge >= 0.3 is 17.9 Å². The van der Waals surface area contributed by atoms with Crippen molar-refractivity contribution in [1.82, 2.24) is 0 Å². The van der Waals surface area contributed by atoms with Gasteiger partial charge in [-0.05, 0) is 5.92 Å². The normalized spacial score (nSPS) is 13.1. The van der Waals surface area contributed by atoms with E-state index in [0.717, 1.165) is 6.42 Å². The molecular weight excluding hydrogens is 312 g/mol. The zero-order valence-corrected chi connectivity index (χ0v) is 13.1. The van der Waals surface area contributed by atoms with Gasteiger partial charge in [0.2, 0.25) is 5.91 Å². The summed E-state index contributed by atoms with van der Waals surface area (Å²) in [5, 5.41) is 24.1. The van der Waals surface area contributed by atoms with E-state index in [0.29, 0.717) is 0 Å². The number of carbonyl (C=O) groups excluding carboxylic acids is 1. The molecular formula is C12H26N4O7. The van der Waals surface area contributed by atoms with Crippen molar-refractivity contribution in [3.63, 3.8) is 0 Å². The Kier molecular flexibility index (Phi) is 16.4. The van der Waals surface area contributed by atoms with Crippen molar-refractivity contribution < 1.29 is 34.5 Å². The Balaban J connectivity index is -0.000000273. The SMILES string of the molecule is CCC(C)C(N)C(=O)O.NC(=O)CC(N)C(=O)O.NCC(=O)O. The maximum absolute atomic E-state index is 10.2. The maximum Gasteiger partial charge on any atom is 0.321 e. The first-order valence-corrected chi connectivity index (χ1v) is 6.57. The van der Waals surface area contributed by atoms with E-state index >= 15 is 0 Å². The molecule has 0 aromatic heterocycles. The van der Waals surface area contributed by atoms with E-state index in [4.69, 9.17) is 26.8 Å². The first-order valence-electron chi connectivity index (χ1n) is 6.57. The van der Waals surface area contributed by atoms with E-state index in [9.17, 15) is 19.2 Å². The maximum atomic E-state index is 10.2. The number of amides is 1. The van der Waals surface area contributed by atoms with Crippen LogP contribution in [0.5, 0.6) is 0 Å². The fraction of sp³-hybridized carbons (Fsp3) is 0.667. The molecule has 11 nitrogen and oxygen atoms in total. The van der Waals surface area contributed by atoms with Gasteiger partial charge in [-0.25, -0.2) is 0 Å². The second-order valence-corrected chi connectivity index (χ2v) is 4.46. The lowest BCUT2D eigenvalue weighted by Gasteiger charge is -2.11. The Morgan fingerprint density at radius 2 is 1.39 bits per heavy atom. The number of nitrogens with two attached hydrogens (primary N) is 4. The Bertz CT molecular complexity index is 390. The van der Waals surface area contributed by atoms with Crippen molar-refractivity contribution in [3.05, 3.63) is 0 Å². The molecule has 11 heteroatoms. The lowest BCUT2D eigenvalue weighted by molar-refractivity contribution is -0.140. The number of carboxylic acids is 3. The molecule has 0 heterocycles. The number of aliphatic carboxylic acids is 3. The molecule has 0 fully saturated rings. The Morgan fingerprint density at radius 3 is 1.48 bits per heavy atom. The lowest BCUT2D eigenvalue weighted by atomic mass is 10.0. The van der Waals surface area contributed by atoms with Crippen LogP contribution in [0.4, 0.5) is 0 Å². The summed E-state index contributed by atoms with van der Waals surface area (Å²) in [6.45, 7) is 3.48. The number of carboxylic acid groups (broad SMARTS) is 3. The van der Waals surface area contributed by atoms with Crippen LogP contribution < -0.4 is 22.9 Å². The number of hydrogen-bond donors (Lipinski definition) is 7. The molecule has 11 N–H and O–H groups in total. The third kappa shape index (κ3) is 19.8. The third-order valence-electron chi connectivity index (χ3n) is 2.46. The van der Waals surface area contributed by atoms with E-state index in [-0.39, 0.29) is 18.9 Å². The molecule has 0 spiro atoms. The van der Waals surface area contributed by atoms with Gasteiger partial charge in [0.15, 0.2) is 0 Å². The summed E-state index contributed by atoms with van der Waals surface area (Å²) in [5.41, 5.74) is 19.4. The summed E-state index contributed by atoms with van der Waals surface area (Å²) < 4.78 is 0. The van der Waals surface area contributed by atoms with Crippen LogP contribution in [-0.2, 0) is 19.2 Å². The van der Waals surface area contributed by atoms with Crippen molar-refractivity contribution >= 4 is 23.8 Å². The smallest absolute Gasteiger partial charge is 0.321 e. The van der Waals surface area contributed by atoms with Gasteiger partial charge in [0.25, 0.3) is 0 Å². The molecule has 0 rings (SSSR count). The number of carbonyl (C=O) groups is 4. The zero-order chi connectivity index (χ0) is 19.2. The van der Waals surface area contributed by atoms with E-state index in [2.05, 4.69) is 11.5 Å². The quantitative estimate of drug-likeness (QED) is 0.263. The molecule has 0 aromatic carbocycles. The summed E-state index contributed by atoms with van der Waals surface area (Å²) in [5.74, 6) is -3.73. The summed E-state index contributed by atoms with van der Waals surface area (Å²) >= 11 is 0. The van der Waals surface area contributed by atoms with E-state index in [1.165, 1.54) is 0 Å². The van der Waals surface area contributed by atoms with E-state index in [1.807, 2.05) is 13.8 Å². The van der Waals surface area contributed by atoms with Gasteiger partial charge in [-0.15, -0.1) is 0 Å². The van der Waals surface area contributed by atoms with Crippen molar-refractivity contribution in [2.75, 3.05) is 6.54 Å². The minimum Gasteiger partial charge on any atom is -0.480 e. The van der Waals surface area contributed by atoms with Crippen molar-refractivity contribution in [1.29, 1.82) is 0 Å². The van der Waals surface area contributed by atoms with Gasteiger partial charge in [0.1, 0.15) is 12.1 Å². The summed E-state index contributed by atoms with van der Waals surface area (Å²) in [4.78, 5) is 39.3. The highest BCUT2D eigenvalue weighted by Gasteiger charge is 2.17. The van der Waals surface area contributed by atoms with Crippen LogP contribution in [-0.4, -0.2) is 57.8 Å². The summed E-state index contributed by atoms with van der Waals surface area (Å²) in [6, 6.07) is -1.86. The first kappa shape index (κ1) is 25.7. The van der Waals surface area contributed by atoms with Crippen LogP contribution in [0.25, 0.3) is 0 Å². The molecule has 136 valence electrons. The highest BCUT2D eigenvalue weighted by atomic mass is 16.4. The lowest BCUT2D eigenvalue weighted by Crippen LogP contribution is -2.36. The summed E-state index contributed by atoms with van der Waals surface area (Å²) in [7, 11) is 0. The highest BCUT2D eigenvalue weighted by Crippen LogP contribution is 2.04. The molecule has 0 aromatic rings. The molecule has 23 heavy (non-hydrogen) atoms. The predicted octanol–water partition coefficient (Wildman–Crippen LogP) is -2.25. The molecule has 0 aliphatic rings. The average molecular weight is 338 g/mol. The molecule has 0 saturated heterocycles. The van der Waals surface area contributed by atoms with E-state index in [1.54, 1.807) is 0 Å². The summed E-state index contributed by atoms with van der Waals surface area (Å²) in [6.07, 6.45) is 0.503. The Labute approximate surface area is 133 Å². The largest absolute Gasteiger partial charge is 0.480 e.